The Kier molecular flexibility index (Phi) is 12.4. The molecule has 0 aliphatic carbocycles. The van der Waals surface area contributed by atoms with Gasteiger partial charge in [-0.15, -0.1) is 0 Å². The van der Waals surface area contributed by atoms with Gasteiger partial charge in [-0.3, -0.25) is 38.4 Å². The first-order valence-corrected chi connectivity index (χ1v) is 37.5. The average molecular weight is 1450 g/mol. The molecule has 0 fully saturated rings. The van der Waals surface area contributed by atoms with Crippen molar-refractivity contribution in [3.05, 3.63) is 367 Å². The van der Waals surface area contributed by atoms with Gasteiger partial charge in [-0.05, 0) is 176 Å². The molecule has 17 heteroatoms. The summed E-state index contributed by atoms with van der Waals surface area (Å²) >= 11 is 0. The van der Waals surface area contributed by atoms with Crippen molar-refractivity contribution in [1.29, 1.82) is 0 Å². The number of hydrogen-bond acceptors (Lipinski definition) is 10. The lowest BCUT2D eigenvalue weighted by Crippen LogP contribution is -2.17. The topological polar surface area (TPSA) is 193 Å². The minimum atomic E-state index is -2.30. The van der Waals surface area contributed by atoms with E-state index in [2.05, 4.69) is 28.8 Å². The maximum Gasteiger partial charge on any atom is 0.415 e. The Bertz CT molecular complexity index is 8630. The molecule has 0 aliphatic rings. The molecule has 0 spiro atoms. The first-order chi connectivity index (χ1) is 54.1. The fourth-order valence-corrected chi connectivity index (χ4v) is 19.6. The fraction of sp³-hybridized carbons (Fsp3) is 0. The van der Waals surface area contributed by atoms with Gasteiger partial charge in [0.2, 0.25) is 0 Å². The third kappa shape index (κ3) is 8.43. The Hall–Kier alpha value is -14.3. The van der Waals surface area contributed by atoms with Crippen LogP contribution >= 0.6 is 7.80 Å². The van der Waals surface area contributed by atoms with Gasteiger partial charge in [0.05, 0.1) is 102 Å². The van der Waals surface area contributed by atoms with Crippen LogP contribution in [-0.2, 0) is 15.4 Å². The summed E-state index contributed by atoms with van der Waals surface area (Å²) in [7, 11) is -4.10. The van der Waals surface area contributed by atoms with E-state index in [-0.39, 0.29) is 87.8 Å². The number of aromatic nitrogens is 5. The van der Waals surface area contributed by atoms with Crippen LogP contribution in [0.4, 0.5) is 0 Å². The zero-order valence-corrected chi connectivity index (χ0v) is 58.4. The number of para-hydroxylation sites is 9. The molecule has 0 amide bonds. The molecule has 14 aromatic carbocycles. The molecule has 9 heterocycles. The molecule has 510 valence electrons. The van der Waals surface area contributed by atoms with E-state index < -0.39 is 18.6 Å². The van der Waals surface area contributed by atoms with Gasteiger partial charge in [0.25, 0.3) is 0 Å². The Morgan fingerprint density at radius 2 is 0.514 bits per heavy atom. The van der Waals surface area contributed by atoms with Crippen LogP contribution in [0.3, 0.4) is 0 Å². The highest BCUT2D eigenvalue weighted by atomic mass is 32.2. The highest BCUT2D eigenvalue weighted by Crippen LogP contribution is 2.38. The molecule has 15 nitrogen and oxygen atoms in total. The predicted molar refractivity (Wildman–Crippen MR) is 440 cm³/mol. The summed E-state index contributed by atoms with van der Waals surface area (Å²) in [6.45, 7) is 0. The van der Waals surface area contributed by atoms with Gasteiger partial charge >= 0.3 is 7.80 Å². The molecule has 0 radical (unpaired) electrons. The molecule has 0 aliphatic heterocycles. The van der Waals surface area contributed by atoms with Gasteiger partial charge in [0, 0.05) is 114 Å². The van der Waals surface area contributed by atoms with E-state index in [4.69, 9.17) is 2.74 Å². The molecule has 1 atom stereocenters. The lowest BCUT2D eigenvalue weighted by Gasteiger charge is -2.17. The summed E-state index contributed by atoms with van der Waals surface area (Å²) in [5, 5.41) is 8.90. The van der Waals surface area contributed by atoms with Crippen LogP contribution in [0.25, 0.3) is 180 Å². The molecule has 109 heavy (non-hydrogen) atoms. The Labute approximate surface area is 615 Å². The monoisotopic (exact) mass is 1450 g/mol. The maximum absolute atomic E-state index is 14.6. The van der Waals surface area contributed by atoms with Crippen LogP contribution in [0.5, 0.6) is 0 Å². The van der Waals surface area contributed by atoms with E-state index in [0.717, 1.165) is 27.5 Å². The van der Waals surface area contributed by atoms with E-state index in [9.17, 15) is 47.1 Å². The van der Waals surface area contributed by atoms with Crippen molar-refractivity contribution in [2.75, 3.05) is 0 Å². The summed E-state index contributed by atoms with van der Waals surface area (Å²) in [6.07, 6.45) is 0. The smallest absolute Gasteiger partial charge is 0.309 e. The van der Waals surface area contributed by atoms with Crippen molar-refractivity contribution >= 4 is 203 Å². The van der Waals surface area contributed by atoms with Crippen LogP contribution in [0.15, 0.2) is 333 Å². The van der Waals surface area contributed by atoms with Crippen molar-refractivity contribution < 1.29 is 11.5 Å². The number of benzene rings is 14. The summed E-state index contributed by atoms with van der Waals surface area (Å²) in [5.74, 6) is 0. The molecule has 1 unspecified atom stereocenters. The van der Waals surface area contributed by atoms with Crippen molar-refractivity contribution in [2.45, 2.75) is 9.79 Å². The van der Waals surface area contributed by atoms with Gasteiger partial charge in [-0.1, -0.05) is 102 Å². The van der Waals surface area contributed by atoms with E-state index >= 15 is 0 Å². The van der Waals surface area contributed by atoms with Crippen LogP contribution in [-0.4, -0.2) is 26.4 Å². The molecular formula is C92H47N5O10PS+. The fourth-order valence-electron chi connectivity index (χ4n) is 17.3. The third-order valence-electron chi connectivity index (χ3n) is 22.1. The summed E-state index contributed by atoms with van der Waals surface area (Å²) in [4.78, 5) is 112. The standard InChI is InChI=1S/C52H27N3O5S.C40H20N2O5P/c56-49-33-11-3-6-18-43(33)54-44-23-20-29(26-39(44)51(58)37-14-7-12-35(49)47(37)54)61(60)30-21-24-45-40(27-30)52(59)38-15-8-13-36-48(38)55(45)46-25-28(19-22-34(46)50(36)57)53-41-16-4-1-9-31(41)32-10-2-5-17-42(32)53;43-37-23-7-1-3-13-31(23)41-33-17-15-21(19-29(33)39(45)27-11-5-9-25(37)35(27)41)48(47)22-16-18-34-30(20-22)40(46)28-12-6-10-26-36(28)42(34)32-14-4-2-8-24(32)38(26)44/h1-27H;1-20H/q;+1/i;5D,6D. The Morgan fingerprint density at radius 1 is 0.239 bits per heavy atom. The Morgan fingerprint density at radius 3 is 0.890 bits per heavy atom. The first kappa shape index (κ1) is 60.0. The minimum absolute atomic E-state index is 0.0381. The molecule has 0 saturated heterocycles. The second-order valence-corrected chi connectivity index (χ2v) is 30.7. The van der Waals surface area contributed by atoms with Crippen molar-refractivity contribution in [1.82, 2.24) is 22.2 Å². The highest BCUT2D eigenvalue weighted by molar-refractivity contribution is 7.85. The molecular weight excluding hydrogens is 1400 g/mol. The molecule has 0 N–H and O–H groups in total. The predicted octanol–water partition coefficient (Wildman–Crippen LogP) is 15.9. The lowest BCUT2D eigenvalue weighted by atomic mass is 10.0. The van der Waals surface area contributed by atoms with E-state index in [1.54, 1.807) is 140 Å². The van der Waals surface area contributed by atoms with Crippen LogP contribution < -0.4 is 54.0 Å². The zero-order chi connectivity index (χ0) is 75.0. The molecule has 0 bridgehead atoms. The highest BCUT2D eigenvalue weighted by Gasteiger charge is 2.29. The zero-order valence-electron chi connectivity index (χ0n) is 58.7. The van der Waals surface area contributed by atoms with Gasteiger partial charge in [-0.2, -0.15) is 0 Å². The number of nitrogens with zero attached hydrogens (tertiary/aromatic N) is 5. The number of hydrogen-bond donors (Lipinski definition) is 0. The van der Waals surface area contributed by atoms with Gasteiger partial charge in [0.1, 0.15) is 0 Å². The quantitative estimate of drug-likeness (QED) is 0.0909. The number of rotatable bonds is 5. The largest absolute Gasteiger partial charge is 0.415 e. The SMILES string of the molecule is O=c1c2ccccc2n2c3ccc(S(=O)c4ccc5c(c4)c(=O)c4cccc6c(=O)c7ccc(-n8c9ccccc9c9ccccc98)cc7n5c46)cc3c(=O)c3cccc1c32.[2H]c1cc2c(=O)c3ccccc3n3c4ccc([P+](=O)c5ccc6c(c5)c(=O)c5cc([2H])cc7c(=O)c8ccccc8n6c75)cc4c(=O)c(c1)c23. The lowest BCUT2D eigenvalue weighted by molar-refractivity contribution is 0.598. The first-order valence-electron chi connectivity index (χ1n) is 36.1. The molecule has 9 aromatic heterocycles. The minimum Gasteiger partial charge on any atom is -0.309 e. The van der Waals surface area contributed by atoms with E-state index in [0.29, 0.717) is 140 Å². The second-order valence-electron chi connectivity index (χ2n) is 27.6. The van der Waals surface area contributed by atoms with Crippen molar-refractivity contribution in [3.63, 3.8) is 0 Å². The third-order valence-corrected chi connectivity index (χ3v) is 24.9. The normalized spacial score (nSPS) is 12.8. The van der Waals surface area contributed by atoms with Gasteiger partial charge < -0.3 is 22.2 Å². The Balaban J connectivity index is 0.000000139. The number of pyridine rings is 8. The summed E-state index contributed by atoms with van der Waals surface area (Å²) < 4.78 is 55.5. The van der Waals surface area contributed by atoms with Crippen LogP contribution in [0.1, 0.15) is 2.74 Å². The second kappa shape index (κ2) is 22.6. The summed E-state index contributed by atoms with van der Waals surface area (Å²) in [5.41, 5.74) is 7.57. The van der Waals surface area contributed by atoms with E-state index in [1.165, 1.54) is 24.3 Å². The number of fused-ring (bicyclic) bond motifs is 19. The molecule has 23 aromatic rings. The van der Waals surface area contributed by atoms with Gasteiger partial charge in [0.15, 0.2) is 54.0 Å². The van der Waals surface area contributed by atoms with Crippen LogP contribution in [0.2, 0.25) is 0 Å². The van der Waals surface area contributed by atoms with Crippen molar-refractivity contribution in [3.8, 4) is 5.69 Å². The van der Waals surface area contributed by atoms with Crippen LogP contribution in [0, 0.1) is 0 Å². The summed E-state index contributed by atoms with van der Waals surface area (Å²) in [6, 6.07) is 80.7. The average Bonchev–Trinajstić information content (AvgIpc) is 1.79. The van der Waals surface area contributed by atoms with Crippen molar-refractivity contribution in [2.24, 2.45) is 0 Å². The maximum atomic E-state index is 14.6. The molecule has 23 rings (SSSR count). The van der Waals surface area contributed by atoms with E-state index in [1.807, 2.05) is 103 Å². The van der Waals surface area contributed by atoms with Gasteiger partial charge in [-0.25, -0.2) is 4.21 Å². The molecule has 0 saturated carbocycles.